The molecule has 21 heavy (non-hydrogen) atoms. The van der Waals surface area contributed by atoms with Gasteiger partial charge in [-0.05, 0) is 39.8 Å². The molecule has 0 aliphatic carbocycles. The number of anilines is 1. The van der Waals surface area contributed by atoms with Gasteiger partial charge in [0, 0.05) is 11.6 Å². The van der Waals surface area contributed by atoms with E-state index < -0.39 is 5.41 Å². The summed E-state index contributed by atoms with van der Waals surface area (Å²) >= 11 is 0. The third kappa shape index (κ3) is 3.29. The van der Waals surface area contributed by atoms with Crippen molar-refractivity contribution in [2.45, 2.75) is 27.7 Å². The summed E-state index contributed by atoms with van der Waals surface area (Å²) in [5, 5.41) is 18.6. The Bertz CT molecular complexity index is 702. The summed E-state index contributed by atoms with van der Waals surface area (Å²) in [7, 11) is 0. The zero-order valence-electron chi connectivity index (χ0n) is 12.6. The van der Waals surface area contributed by atoms with E-state index in [1.54, 1.807) is 19.9 Å². The van der Waals surface area contributed by atoms with Gasteiger partial charge in [0.05, 0.1) is 11.8 Å². The normalized spacial score (nSPS) is 11.0. The number of aromatic nitrogens is 2. The molecule has 0 bridgehead atoms. The Morgan fingerprint density at radius 1 is 1.24 bits per heavy atom. The number of nitrogens with zero attached hydrogens (tertiary/aromatic N) is 2. The largest absolute Gasteiger partial charge is 0.308 e. The van der Waals surface area contributed by atoms with Gasteiger partial charge in [-0.2, -0.15) is 10.4 Å². The molecule has 1 amide bonds. The summed E-state index contributed by atoms with van der Waals surface area (Å²) in [6, 6.07) is 9.92. The average molecular weight is 282 g/mol. The number of carbonyl (C=O) groups is 1. The Labute approximate surface area is 124 Å². The van der Waals surface area contributed by atoms with Crippen molar-refractivity contribution >= 4 is 11.7 Å². The van der Waals surface area contributed by atoms with E-state index in [9.17, 15) is 4.79 Å². The van der Waals surface area contributed by atoms with Crippen molar-refractivity contribution in [1.82, 2.24) is 10.2 Å². The number of aromatic amines is 1. The maximum atomic E-state index is 11.9. The van der Waals surface area contributed by atoms with E-state index in [0.29, 0.717) is 5.82 Å². The van der Waals surface area contributed by atoms with E-state index in [1.807, 2.05) is 32.0 Å². The molecule has 1 heterocycles. The molecule has 0 saturated carbocycles. The highest BCUT2D eigenvalue weighted by Gasteiger charge is 2.27. The molecule has 0 spiro atoms. The molecule has 1 aromatic carbocycles. The average Bonchev–Trinajstić information content (AvgIpc) is 2.86. The zero-order chi connectivity index (χ0) is 15.6. The number of benzene rings is 1. The Kier molecular flexibility index (Phi) is 3.81. The predicted octanol–water partition coefficient (Wildman–Crippen LogP) is 3.18. The van der Waals surface area contributed by atoms with Gasteiger partial charge in [-0.1, -0.05) is 17.2 Å². The Hall–Kier alpha value is -2.61. The summed E-state index contributed by atoms with van der Waals surface area (Å²) in [5.74, 6) is 0.0426. The molecular weight excluding hydrogens is 264 g/mol. The molecular formula is C16H18N4O. The van der Waals surface area contributed by atoms with E-state index in [0.717, 1.165) is 22.4 Å². The molecule has 2 aromatic rings. The minimum absolute atomic E-state index is 0.372. The highest BCUT2D eigenvalue weighted by molar-refractivity contribution is 5.96. The van der Waals surface area contributed by atoms with Gasteiger partial charge in [0.1, 0.15) is 5.41 Å². The maximum Gasteiger partial charge on any atom is 0.245 e. The van der Waals surface area contributed by atoms with Crippen LogP contribution in [0.2, 0.25) is 0 Å². The third-order valence-corrected chi connectivity index (χ3v) is 3.20. The van der Waals surface area contributed by atoms with Gasteiger partial charge in [-0.25, -0.2) is 0 Å². The fourth-order valence-electron chi connectivity index (χ4n) is 1.99. The van der Waals surface area contributed by atoms with Crippen LogP contribution in [0.1, 0.15) is 25.0 Å². The van der Waals surface area contributed by atoms with Crippen LogP contribution in [-0.4, -0.2) is 16.1 Å². The second-order valence-corrected chi connectivity index (χ2v) is 5.73. The van der Waals surface area contributed by atoms with Gasteiger partial charge in [0.15, 0.2) is 5.82 Å². The van der Waals surface area contributed by atoms with E-state index in [4.69, 9.17) is 5.26 Å². The van der Waals surface area contributed by atoms with Crippen LogP contribution < -0.4 is 5.32 Å². The SMILES string of the molecule is Cc1cc(C)cc(-c2cc(NC(=O)C(C)(C)C#N)n[nH]2)c1. The van der Waals surface area contributed by atoms with E-state index in [2.05, 4.69) is 21.6 Å². The second kappa shape index (κ2) is 5.41. The van der Waals surface area contributed by atoms with Crippen LogP contribution in [-0.2, 0) is 4.79 Å². The number of rotatable bonds is 3. The lowest BCUT2D eigenvalue weighted by atomic mass is 9.95. The number of hydrogen-bond acceptors (Lipinski definition) is 3. The van der Waals surface area contributed by atoms with E-state index >= 15 is 0 Å². The predicted molar refractivity (Wildman–Crippen MR) is 81.5 cm³/mol. The first-order chi connectivity index (χ1) is 9.81. The molecule has 0 atom stereocenters. The Morgan fingerprint density at radius 3 is 2.43 bits per heavy atom. The van der Waals surface area contributed by atoms with Crippen LogP contribution in [0.3, 0.4) is 0 Å². The van der Waals surface area contributed by atoms with Crippen molar-refractivity contribution in [3.63, 3.8) is 0 Å². The quantitative estimate of drug-likeness (QED) is 0.907. The third-order valence-electron chi connectivity index (χ3n) is 3.20. The minimum Gasteiger partial charge on any atom is -0.308 e. The highest BCUT2D eigenvalue weighted by Crippen LogP contribution is 2.23. The zero-order valence-corrected chi connectivity index (χ0v) is 12.6. The van der Waals surface area contributed by atoms with Crippen LogP contribution in [0.15, 0.2) is 24.3 Å². The minimum atomic E-state index is -1.08. The van der Waals surface area contributed by atoms with Crippen LogP contribution in [0, 0.1) is 30.6 Å². The monoisotopic (exact) mass is 282 g/mol. The van der Waals surface area contributed by atoms with Crippen molar-refractivity contribution in [2.24, 2.45) is 5.41 Å². The lowest BCUT2D eigenvalue weighted by Gasteiger charge is -2.12. The second-order valence-electron chi connectivity index (χ2n) is 5.73. The van der Waals surface area contributed by atoms with Crippen LogP contribution in [0.5, 0.6) is 0 Å². The van der Waals surface area contributed by atoms with Crippen LogP contribution in [0.4, 0.5) is 5.82 Å². The fourth-order valence-corrected chi connectivity index (χ4v) is 1.99. The fraction of sp³-hybridized carbons (Fsp3) is 0.312. The summed E-state index contributed by atoms with van der Waals surface area (Å²) in [4.78, 5) is 11.9. The molecule has 0 aliphatic heterocycles. The Morgan fingerprint density at radius 2 is 1.86 bits per heavy atom. The van der Waals surface area contributed by atoms with Gasteiger partial charge in [-0.3, -0.25) is 9.89 Å². The van der Waals surface area contributed by atoms with Crippen molar-refractivity contribution in [3.05, 3.63) is 35.4 Å². The van der Waals surface area contributed by atoms with Crippen LogP contribution in [0.25, 0.3) is 11.3 Å². The van der Waals surface area contributed by atoms with Crippen molar-refractivity contribution in [3.8, 4) is 17.3 Å². The summed E-state index contributed by atoms with van der Waals surface area (Å²) in [6.45, 7) is 7.20. The van der Waals surface area contributed by atoms with Crippen molar-refractivity contribution in [2.75, 3.05) is 5.32 Å². The number of amides is 1. The molecule has 5 heteroatoms. The molecule has 5 nitrogen and oxygen atoms in total. The van der Waals surface area contributed by atoms with E-state index in [-0.39, 0.29) is 5.91 Å². The summed E-state index contributed by atoms with van der Waals surface area (Å²) in [6.07, 6.45) is 0. The van der Waals surface area contributed by atoms with Crippen molar-refractivity contribution < 1.29 is 4.79 Å². The summed E-state index contributed by atoms with van der Waals surface area (Å²) in [5.41, 5.74) is 3.08. The molecule has 0 fully saturated rings. The standard InChI is InChI=1S/C16H18N4O/c1-10-5-11(2)7-12(6-10)13-8-14(20-19-13)18-15(21)16(3,4)9-17/h5-8H,1-4H3,(H2,18,19,20,21). The molecule has 2 N–H and O–H groups in total. The van der Waals surface area contributed by atoms with Crippen LogP contribution >= 0.6 is 0 Å². The molecule has 0 radical (unpaired) electrons. The molecule has 0 unspecified atom stereocenters. The first-order valence-electron chi connectivity index (χ1n) is 6.68. The molecule has 2 rings (SSSR count). The number of nitrogens with one attached hydrogen (secondary N) is 2. The smallest absolute Gasteiger partial charge is 0.245 e. The number of hydrogen-bond donors (Lipinski definition) is 2. The topological polar surface area (TPSA) is 81.6 Å². The van der Waals surface area contributed by atoms with Gasteiger partial charge in [0.2, 0.25) is 5.91 Å². The number of carbonyl (C=O) groups excluding carboxylic acids is 1. The summed E-state index contributed by atoms with van der Waals surface area (Å²) < 4.78 is 0. The lowest BCUT2D eigenvalue weighted by molar-refractivity contribution is -0.121. The van der Waals surface area contributed by atoms with Gasteiger partial charge < -0.3 is 5.32 Å². The van der Waals surface area contributed by atoms with Gasteiger partial charge in [-0.15, -0.1) is 0 Å². The Balaban J connectivity index is 2.23. The van der Waals surface area contributed by atoms with Gasteiger partial charge in [0.25, 0.3) is 0 Å². The molecule has 108 valence electrons. The first kappa shape index (κ1) is 14.8. The van der Waals surface area contributed by atoms with Gasteiger partial charge >= 0.3 is 0 Å². The number of aryl methyl sites for hydroxylation is 2. The molecule has 0 saturated heterocycles. The maximum absolute atomic E-state index is 11.9. The van der Waals surface area contributed by atoms with E-state index in [1.165, 1.54) is 0 Å². The molecule has 0 aliphatic rings. The first-order valence-corrected chi connectivity index (χ1v) is 6.68. The van der Waals surface area contributed by atoms with Crippen molar-refractivity contribution in [1.29, 1.82) is 5.26 Å². The lowest BCUT2D eigenvalue weighted by Crippen LogP contribution is -2.29. The molecule has 1 aromatic heterocycles. The number of nitriles is 1. The highest BCUT2D eigenvalue weighted by atomic mass is 16.2. The number of H-pyrrole nitrogens is 1.